The third kappa shape index (κ3) is 5.96. The van der Waals surface area contributed by atoms with Crippen LogP contribution in [0.3, 0.4) is 0 Å². The van der Waals surface area contributed by atoms with E-state index in [1.807, 2.05) is 52.7 Å². The Morgan fingerprint density at radius 2 is 1.73 bits per heavy atom. The average Bonchev–Trinajstić information content (AvgIpc) is 3.50. The summed E-state index contributed by atoms with van der Waals surface area (Å²) in [5, 5.41) is 7.59. The van der Waals surface area contributed by atoms with E-state index < -0.39 is 0 Å². The number of nitrogens with one attached hydrogen (secondary N) is 2. The van der Waals surface area contributed by atoms with Crippen molar-refractivity contribution in [2.75, 3.05) is 6.54 Å². The minimum atomic E-state index is -0.375. The highest BCUT2D eigenvalue weighted by atomic mass is 32.1. The van der Waals surface area contributed by atoms with E-state index in [0.29, 0.717) is 25.1 Å². The van der Waals surface area contributed by atoms with Gasteiger partial charge in [-0.1, -0.05) is 48.5 Å². The second-order valence-corrected chi connectivity index (χ2v) is 8.74. The van der Waals surface area contributed by atoms with Gasteiger partial charge in [-0.3, -0.25) is 14.4 Å². The van der Waals surface area contributed by atoms with Gasteiger partial charge in [0.15, 0.2) is 0 Å². The minimum absolute atomic E-state index is 0.165. The number of thiophene rings is 1. The molecule has 33 heavy (non-hydrogen) atoms. The third-order valence-corrected chi connectivity index (χ3v) is 6.27. The fourth-order valence-corrected chi connectivity index (χ4v) is 4.35. The number of benzene rings is 2. The predicted molar refractivity (Wildman–Crippen MR) is 129 cm³/mol. The maximum absolute atomic E-state index is 13.1. The van der Waals surface area contributed by atoms with Crippen molar-refractivity contribution >= 4 is 35.1 Å². The molecular formula is C26H25N3O3S. The Labute approximate surface area is 196 Å². The van der Waals surface area contributed by atoms with Crippen molar-refractivity contribution in [3.8, 4) is 0 Å². The highest BCUT2D eigenvalue weighted by Gasteiger charge is 2.21. The highest BCUT2D eigenvalue weighted by molar-refractivity contribution is 7.10. The summed E-state index contributed by atoms with van der Waals surface area (Å²) in [7, 11) is 0. The summed E-state index contributed by atoms with van der Waals surface area (Å²) in [6.45, 7) is 1.59. The molecule has 2 heterocycles. The molecule has 3 amide bonds. The van der Waals surface area contributed by atoms with Gasteiger partial charge < -0.3 is 15.5 Å². The zero-order valence-corrected chi connectivity index (χ0v) is 18.9. The Morgan fingerprint density at radius 3 is 2.42 bits per heavy atom. The summed E-state index contributed by atoms with van der Waals surface area (Å²) in [5.41, 5.74) is 2.60. The lowest BCUT2D eigenvalue weighted by molar-refractivity contribution is -0.128. The Morgan fingerprint density at radius 1 is 0.970 bits per heavy atom. The predicted octanol–water partition coefficient (Wildman–Crippen LogP) is 3.96. The molecule has 1 aromatic heterocycles. The lowest BCUT2D eigenvalue weighted by Crippen LogP contribution is -2.35. The van der Waals surface area contributed by atoms with Crippen LogP contribution in [0.15, 0.2) is 77.8 Å². The average molecular weight is 460 g/mol. The number of hydrogen-bond donors (Lipinski definition) is 2. The highest BCUT2D eigenvalue weighted by Crippen LogP contribution is 2.18. The van der Waals surface area contributed by atoms with E-state index in [9.17, 15) is 14.4 Å². The van der Waals surface area contributed by atoms with Crippen molar-refractivity contribution in [2.24, 2.45) is 0 Å². The fraction of sp³-hybridized carbons (Fsp3) is 0.192. The van der Waals surface area contributed by atoms with Gasteiger partial charge in [0.2, 0.25) is 5.91 Å². The van der Waals surface area contributed by atoms with Gasteiger partial charge in [0.1, 0.15) is 5.70 Å². The van der Waals surface area contributed by atoms with Gasteiger partial charge in [-0.25, -0.2) is 0 Å². The van der Waals surface area contributed by atoms with Gasteiger partial charge in [0.25, 0.3) is 11.8 Å². The van der Waals surface area contributed by atoms with Crippen molar-refractivity contribution < 1.29 is 14.4 Å². The van der Waals surface area contributed by atoms with E-state index in [1.165, 1.54) is 11.3 Å². The summed E-state index contributed by atoms with van der Waals surface area (Å²) in [6, 6.07) is 20.3. The first kappa shape index (κ1) is 22.5. The largest absolute Gasteiger partial charge is 0.347 e. The SMILES string of the molecule is O=C(NCc1ccccc1CN1CCCC1=O)/C(=C/c1cccs1)NC(=O)c1ccccc1. The molecule has 1 aliphatic heterocycles. The smallest absolute Gasteiger partial charge is 0.268 e. The molecule has 0 aliphatic carbocycles. The van der Waals surface area contributed by atoms with E-state index in [0.717, 1.165) is 29.0 Å². The van der Waals surface area contributed by atoms with Crippen LogP contribution in [0, 0.1) is 0 Å². The number of carbonyl (C=O) groups excluding carboxylic acids is 3. The molecule has 0 unspecified atom stereocenters. The second kappa shape index (κ2) is 10.7. The van der Waals surface area contributed by atoms with Gasteiger partial charge in [0, 0.05) is 36.5 Å². The van der Waals surface area contributed by atoms with Gasteiger partial charge in [-0.15, -0.1) is 11.3 Å². The molecular weight excluding hydrogens is 434 g/mol. The van der Waals surface area contributed by atoms with Crippen molar-refractivity contribution in [3.63, 3.8) is 0 Å². The Balaban J connectivity index is 1.47. The Kier molecular flexibility index (Phi) is 7.32. The van der Waals surface area contributed by atoms with Crippen LogP contribution < -0.4 is 10.6 Å². The van der Waals surface area contributed by atoms with Gasteiger partial charge in [0.05, 0.1) is 0 Å². The van der Waals surface area contributed by atoms with Crippen molar-refractivity contribution in [2.45, 2.75) is 25.9 Å². The standard InChI is InChI=1S/C26H25N3O3S/c30-24-13-6-14-29(24)18-21-11-5-4-10-20(21)17-27-26(32)23(16-22-12-7-15-33-22)28-25(31)19-8-2-1-3-9-19/h1-5,7-12,15-16H,6,13-14,17-18H2,(H,27,32)(H,28,31)/b23-16-. The molecule has 7 heteroatoms. The van der Waals surface area contributed by atoms with E-state index in [1.54, 1.807) is 30.3 Å². The zero-order chi connectivity index (χ0) is 23.0. The van der Waals surface area contributed by atoms with E-state index >= 15 is 0 Å². The monoisotopic (exact) mass is 459 g/mol. The molecule has 6 nitrogen and oxygen atoms in total. The van der Waals surface area contributed by atoms with Crippen LogP contribution in [-0.2, 0) is 22.7 Å². The number of nitrogens with zero attached hydrogens (tertiary/aromatic N) is 1. The van der Waals surface area contributed by atoms with Crippen LogP contribution in [0.5, 0.6) is 0 Å². The molecule has 3 aromatic rings. The Bertz CT molecular complexity index is 1160. The second-order valence-electron chi connectivity index (χ2n) is 7.76. The molecule has 1 fully saturated rings. The molecule has 168 valence electrons. The van der Waals surface area contributed by atoms with Crippen LogP contribution in [0.1, 0.15) is 39.2 Å². The molecule has 0 spiro atoms. The first-order valence-electron chi connectivity index (χ1n) is 10.8. The summed E-state index contributed by atoms with van der Waals surface area (Å²) in [5.74, 6) is -0.556. The van der Waals surface area contributed by atoms with Crippen LogP contribution in [0.25, 0.3) is 6.08 Å². The molecule has 1 aliphatic rings. The van der Waals surface area contributed by atoms with Crippen LogP contribution in [0.4, 0.5) is 0 Å². The lowest BCUT2D eigenvalue weighted by atomic mass is 10.1. The Hall–Kier alpha value is -3.71. The number of rotatable bonds is 8. The van der Waals surface area contributed by atoms with Gasteiger partial charge in [-0.05, 0) is 47.2 Å². The molecule has 0 atom stereocenters. The molecule has 0 radical (unpaired) electrons. The van der Waals surface area contributed by atoms with Crippen molar-refractivity contribution in [1.82, 2.24) is 15.5 Å². The normalized spacial score (nSPS) is 13.8. The summed E-state index contributed by atoms with van der Waals surface area (Å²) >= 11 is 1.48. The number of amides is 3. The van der Waals surface area contributed by atoms with Crippen LogP contribution in [-0.4, -0.2) is 29.2 Å². The van der Waals surface area contributed by atoms with Crippen LogP contribution in [0.2, 0.25) is 0 Å². The number of carbonyl (C=O) groups is 3. The third-order valence-electron chi connectivity index (χ3n) is 5.45. The van der Waals surface area contributed by atoms with Crippen LogP contribution >= 0.6 is 11.3 Å². The van der Waals surface area contributed by atoms with Gasteiger partial charge >= 0.3 is 0 Å². The molecule has 0 saturated carbocycles. The minimum Gasteiger partial charge on any atom is -0.347 e. The summed E-state index contributed by atoms with van der Waals surface area (Å²) in [6.07, 6.45) is 3.16. The van der Waals surface area contributed by atoms with Gasteiger partial charge in [-0.2, -0.15) is 0 Å². The number of likely N-dealkylation sites (tertiary alicyclic amines) is 1. The first-order valence-corrected chi connectivity index (χ1v) is 11.7. The quantitative estimate of drug-likeness (QED) is 0.501. The molecule has 0 bridgehead atoms. The van der Waals surface area contributed by atoms with Crippen molar-refractivity contribution in [1.29, 1.82) is 0 Å². The lowest BCUT2D eigenvalue weighted by Gasteiger charge is -2.18. The molecule has 4 rings (SSSR count). The van der Waals surface area contributed by atoms with E-state index in [2.05, 4.69) is 10.6 Å². The first-order chi connectivity index (χ1) is 16.1. The maximum atomic E-state index is 13.1. The topological polar surface area (TPSA) is 78.5 Å². The zero-order valence-electron chi connectivity index (χ0n) is 18.1. The molecule has 2 N–H and O–H groups in total. The maximum Gasteiger partial charge on any atom is 0.268 e. The fourth-order valence-electron chi connectivity index (χ4n) is 3.69. The van der Waals surface area contributed by atoms with E-state index in [-0.39, 0.29) is 23.4 Å². The summed E-state index contributed by atoms with van der Waals surface area (Å²) in [4.78, 5) is 40.5. The molecule has 2 aromatic carbocycles. The summed E-state index contributed by atoms with van der Waals surface area (Å²) < 4.78 is 0. The van der Waals surface area contributed by atoms with Crippen molar-refractivity contribution in [3.05, 3.63) is 99.4 Å². The van der Waals surface area contributed by atoms with E-state index in [4.69, 9.17) is 0 Å². The number of hydrogen-bond acceptors (Lipinski definition) is 4. The molecule has 1 saturated heterocycles.